The minimum absolute atomic E-state index is 0.0572. The Morgan fingerprint density at radius 3 is 2.62 bits per heavy atom. The maximum absolute atomic E-state index is 11.9. The van der Waals surface area contributed by atoms with Crippen LogP contribution in [0.3, 0.4) is 0 Å². The number of hydroxylamine groups is 2. The number of nitrogens with one attached hydrogen (secondary N) is 1. The lowest BCUT2D eigenvalue weighted by Gasteiger charge is -2.27. The second-order valence-electron chi connectivity index (χ2n) is 7.20. The highest BCUT2D eigenvalue weighted by Gasteiger charge is 2.17. The molecule has 1 unspecified atom stereocenters. The van der Waals surface area contributed by atoms with Crippen LogP contribution in [0.25, 0.3) is 0 Å². The summed E-state index contributed by atoms with van der Waals surface area (Å²) >= 11 is 0. The van der Waals surface area contributed by atoms with Gasteiger partial charge in [0.15, 0.2) is 0 Å². The van der Waals surface area contributed by atoms with Crippen molar-refractivity contribution in [2.75, 3.05) is 39.5 Å². The molecule has 144 valence electrons. The third-order valence-electron chi connectivity index (χ3n) is 5.05. The molecule has 2 aliphatic heterocycles. The lowest BCUT2D eigenvalue weighted by molar-refractivity contribution is -0.191. The average Bonchev–Trinajstić information content (AvgIpc) is 2.68. The first-order valence-electron chi connectivity index (χ1n) is 9.73. The fourth-order valence-electron chi connectivity index (χ4n) is 3.43. The van der Waals surface area contributed by atoms with Gasteiger partial charge in [0.25, 0.3) is 0 Å². The summed E-state index contributed by atoms with van der Waals surface area (Å²) in [5, 5.41) is 4.93. The van der Waals surface area contributed by atoms with Gasteiger partial charge < -0.3 is 10.1 Å². The van der Waals surface area contributed by atoms with Gasteiger partial charge in [0.1, 0.15) is 0 Å². The van der Waals surface area contributed by atoms with Crippen molar-refractivity contribution in [1.29, 1.82) is 0 Å². The number of rotatable bonds is 7. The van der Waals surface area contributed by atoms with Crippen molar-refractivity contribution in [3.63, 3.8) is 0 Å². The summed E-state index contributed by atoms with van der Waals surface area (Å²) in [6.07, 6.45) is 3.57. The zero-order valence-corrected chi connectivity index (χ0v) is 15.8. The number of hydrogen-bond acceptors (Lipinski definition) is 5. The Bertz CT molecular complexity index is 552. The molecule has 1 atom stereocenters. The molecule has 1 amide bonds. The van der Waals surface area contributed by atoms with Crippen molar-refractivity contribution in [3.8, 4) is 0 Å². The fraction of sp³-hybridized carbons (Fsp3) is 0.650. The first kappa shape index (κ1) is 19.3. The molecule has 2 aliphatic rings. The van der Waals surface area contributed by atoms with E-state index in [-0.39, 0.29) is 5.91 Å². The molecule has 0 spiro atoms. The van der Waals surface area contributed by atoms with Crippen molar-refractivity contribution in [3.05, 3.63) is 35.4 Å². The summed E-state index contributed by atoms with van der Waals surface area (Å²) in [5.74, 6) is -0.0572. The molecule has 2 saturated heterocycles. The lowest BCUT2D eigenvalue weighted by Crippen LogP contribution is -2.40. The van der Waals surface area contributed by atoms with E-state index in [1.165, 1.54) is 23.5 Å². The van der Waals surface area contributed by atoms with Gasteiger partial charge >= 0.3 is 0 Å². The zero-order valence-electron chi connectivity index (χ0n) is 15.8. The molecule has 0 radical (unpaired) electrons. The zero-order chi connectivity index (χ0) is 18.2. The number of nitrogens with zero attached hydrogens (tertiary/aromatic N) is 2. The van der Waals surface area contributed by atoms with Gasteiger partial charge in [0, 0.05) is 32.6 Å². The third-order valence-corrected chi connectivity index (χ3v) is 5.05. The van der Waals surface area contributed by atoms with Crippen LogP contribution in [-0.4, -0.2) is 61.4 Å². The van der Waals surface area contributed by atoms with Gasteiger partial charge in [0.2, 0.25) is 5.91 Å². The van der Waals surface area contributed by atoms with E-state index < -0.39 is 0 Å². The second kappa shape index (κ2) is 10.0. The quantitative estimate of drug-likeness (QED) is 0.752. The van der Waals surface area contributed by atoms with E-state index in [0.717, 1.165) is 51.4 Å². The van der Waals surface area contributed by atoms with E-state index in [4.69, 9.17) is 9.57 Å². The van der Waals surface area contributed by atoms with Crippen LogP contribution >= 0.6 is 0 Å². The molecule has 0 aliphatic carbocycles. The summed E-state index contributed by atoms with van der Waals surface area (Å²) in [4.78, 5) is 20.1. The predicted molar refractivity (Wildman–Crippen MR) is 100 cm³/mol. The summed E-state index contributed by atoms with van der Waals surface area (Å²) in [5.41, 5.74) is 2.37. The minimum Gasteiger partial charge on any atom is -0.379 e. The van der Waals surface area contributed by atoms with Crippen molar-refractivity contribution in [2.45, 2.75) is 45.3 Å². The predicted octanol–water partition coefficient (Wildman–Crippen LogP) is 1.94. The number of amides is 1. The molecule has 0 aromatic heterocycles. The second-order valence-corrected chi connectivity index (χ2v) is 7.20. The van der Waals surface area contributed by atoms with Gasteiger partial charge in [0.05, 0.1) is 26.4 Å². The fourth-order valence-corrected chi connectivity index (χ4v) is 3.43. The van der Waals surface area contributed by atoms with Crippen molar-refractivity contribution < 1.29 is 14.4 Å². The van der Waals surface area contributed by atoms with Crippen LogP contribution in [0.15, 0.2) is 24.3 Å². The van der Waals surface area contributed by atoms with Crippen LogP contribution < -0.4 is 5.32 Å². The highest BCUT2D eigenvalue weighted by Crippen LogP contribution is 2.13. The third kappa shape index (κ3) is 6.06. The number of piperidine rings is 1. The Kier molecular flexibility index (Phi) is 7.43. The van der Waals surface area contributed by atoms with Crippen LogP contribution in [0, 0.1) is 0 Å². The first-order chi connectivity index (χ1) is 12.7. The van der Waals surface area contributed by atoms with Gasteiger partial charge in [-0.3, -0.25) is 14.5 Å². The molecule has 1 N–H and O–H groups in total. The summed E-state index contributed by atoms with van der Waals surface area (Å²) in [6, 6.07) is 8.82. The number of benzene rings is 1. The standard InChI is InChI=1S/C20H31N3O3/c1-17(24)23(26-16-20-4-2-3-9-21-20)15-19-7-5-18(6-8-19)14-22-10-12-25-13-11-22/h5-8,20-21H,2-4,9-16H2,1H3. The highest BCUT2D eigenvalue weighted by molar-refractivity contribution is 5.72. The number of ether oxygens (including phenoxy) is 1. The largest absolute Gasteiger partial charge is 0.379 e. The van der Waals surface area contributed by atoms with E-state index in [9.17, 15) is 4.79 Å². The van der Waals surface area contributed by atoms with Crippen LogP contribution in [0.4, 0.5) is 0 Å². The minimum atomic E-state index is -0.0572. The Labute approximate surface area is 156 Å². The highest BCUT2D eigenvalue weighted by atomic mass is 16.7. The first-order valence-corrected chi connectivity index (χ1v) is 9.73. The molecule has 1 aromatic carbocycles. The molecule has 3 rings (SSSR count). The van der Waals surface area contributed by atoms with E-state index in [2.05, 4.69) is 34.5 Å². The maximum atomic E-state index is 11.9. The molecule has 2 heterocycles. The monoisotopic (exact) mass is 361 g/mol. The normalized spacial score (nSPS) is 21.5. The van der Waals surface area contributed by atoms with Gasteiger partial charge in [-0.25, -0.2) is 5.06 Å². The molecule has 1 aromatic rings. The molecule has 6 nitrogen and oxygen atoms in total. The molecular weight excluding hydrogens is 330 g/mol. The Morgan fingerprint density at radius 1 is 1.23 bits per heavy atom. The van der Waals surface area contributed by atoms with Gasteiger partial charge in [-0.2, -0.15) is 0 Å². The summed E-state index contributed by atoms with van der Waals surface area (Å²) in [7, 11) is 0. The van der Waals surface area contributed by atoms with Crippen LogP contribution in [0.5, 0.6) is 0 Å². The van der Waals surface area contributed by atoms with E-state index in [1.54, 1.807) is 6.92 Å². The Balaban J connectivity index is 1.49. The molecule has 26 heavy (non-hydrogen) atoms. The van der Waals surface area contributed by atoms with Crippen molar-refractivity contribution >= 4 is 5.91 Å². The number of morpholine rings is 1. The topological polar surface area (TPSA) is 54.0 Å². The molecule has 0 saturated carbocycles. The Hall–Kier alpha value is -1.47. The number of carbonyl (C=O) groups is 1. The van der Waals surface area contributed by atoms with E-state index in [0.29, 0.717) is 19.2 Å². The molecule has 0 bridgehead atoms. The maximum Gasteiger partial charge on any atom is 0.243 e. The van der Waals surface area contributed by atoms with Crippen molar-refractivity contribution in [1.82, 2.24) is 15.3 Å². The van der Waals surface area contributed by atoms with Gasteiger partial charge in [-0.1, -0.05) is 30.7 Å². The van der Waals surface area contributed by atoms with E-state index in [1.807, 2.05) is 0 Å². The SMILES string of the molecule is CC(=O)N(Cc1ccc(CN2CCOCC2)cc1)OCC1CCCCN1. The molecular formula is C20H31N3O3. The summed E-state index contributed by atoms with van der Waals surface area (Å²) < 4.78 is 5.39. The smallest absolute Gasteiger partial charge is 0.243 e. The lowest BCUT2D eigenvalue weighted by atomic mass is 10.1. The van der Waals surface area contributed by atoms with E-state index >= 15 is 0 Å². The van der Waals surface area contributed by atoms with Crippen LogP contribution in [0.1, 0.15) is 37.3 Å². The van der Waals surface area contributed by atoms with Gasteiger partial charge in [-0.15, -0.1) is 0 Å². The molecule has 6 heteroatoms. The molecule has 2 fully saturated rings. The Morgan fingerprint density at radius 2 is 1.96 bits per heavy atom. The summed E-state index contributed by atoms with van der Waals surface area (Å²) in [6.45, 7) is 8.20. The van der Waals surface area contributed by atoms with Crippen LogP contribution in [0.2, 0.25) is 0 Å². The number of carbonyl (C=O) groups excluding carboxylic acids is 1. The van der Waals surface area contributed by atoms with Gasteiger partial charge in [-0.05, 0) is 30.5 Å². The van der Waals surface area contributed by atoms with Crippen molar-refractivity contribution in [2.24, 2.45) is 0 Å². The van der Waals surface area contributed by atoms with Crippen LogP contribution in [-0.2, 0) is 27.5 Å². The average molecular weight is 361 g/mol. The number of hydrogen-bond donors (Lipinski definition) is 1.